The molecular weight excluding hydrogens is 331 g/mol. The molecule has 0 atom stereocenters. The van der Waals surface area contributed by atoms with E-state index in [1.165, 1.54) is 12.8 Å². The van der Waals surface area contributed by atoms with E-state index in [4.69, 9.17) is 23.2 Å². The maximum absolute atomic E-state index is 6.22. The van der Waals surface area contributed by atoms with E-state index in [-0.39, 0.29) is 0 Å². The van der Waals surface area contributed by atoms with Crippen molar-refractivity contribution >= 4 is 40.7 Å². The Bertz CT molecular complexity index is 697. The summed E-state index contributed by atoms with van der Waals surface area (Å²) in [5.74, 6) is 2.31. The van der Waals surface area contributed by atoms with Gasteiger partial charge in [0.1, 0.15) is 5.82 Å². The molecule has 2 heterocycles. The molecule has 0 spiro atoms. The molecule has 23 heavy (non-hydrogen) atoms. The van der Waals surface area contributed by atoms with Crippen LogP contribution >= 0.6 is 23.2 Å². The van der Waals surface area contributed by atoms with Gasteiger partial charge in [-0.05, 0) is 43.9 Å². The number of halogens is 2. The quantitative estimate of drug-likeness (QED) is 0.838. The normalized spacial score (nSPS) is 15.7. The Kier molecular flexibility index (Phi) is 4.93. The molecule has 6 heteroatoms. The third-order valence-corrected chi connectivity index (χ3v) is 4.65. The largest absolute Gasteiger partial charge is 0.341 e. The van der Waals surface area contributed by atoms with E-state index in [1.54, 1.807) is 12.1 Å². The molecule has 3 rings (SSSR count). The van der Waals surface area contributed by atoms with Crippen molar-refractivity contribution in [1.82, 2.24) is 9.97 Å². The van der Waals surface area contributed by atoms with Crippen LogP contribution in [-0.4, -0.2) is 23.1 Å². The van der Waals surface area contributed by atoms with Crippen molar-refractivity contribution in [1.29, 1.82) is 0 Å². The van der Waals surface area contributed by atoms with Crippen molar-refractivity contribution in [2.75, 3.05) is 23.3 Å². The highest BCUT2D eigenvalue weighted by molar-refractivity contribution is 6.36. The molecule has 1 aromatic carbocycles. The Morgan fingerprint density at radius 3 is 2.57 bits per heavy atom. The maximum Gasteiger partial charge on any atom is 0.227 e. The second-order valence-electron chi connectivity index (χ2n) is 6.11. The van der Waals surface area contributed by atoms with E-state index in [2.05, 4.69) is 27.1 Å². The molecule has 1 aliphatic rings. The fourth-order valence-electron chi connectivity index (χ4n) is 2.70. The first-order chi connectivity index (χ1) is 11.0. The lowest BCUT2D eigenvalue weighted by Crippen LogP contribution is -2.34. The van der Waals surface area contributed by atoms with Crippen LogP contribution in [0.25, 0.3) is 0 Å². The molecule has 4 nitrogen and oxygen atoms in total. The number of rotatable bonds is 3. The summed E-state index contributed by atoms with van der Waals surface area (Å²) in [6.07, 6.45) is 2.37. The summed E-state index contributed by atoms with van der Waals surface area (Å²) in [5, 5.41) is 4.45. The first-order valence-corrected chi connectivity index (χ1v) is 8.59. The zero-order chi connectivity index (χ0) is 16.4. The Hall–Kier alpha value is -1.52. The number of benzene rings is 1. The number of aryl methyl sites for hydroxylation is 1. The summed E-state index contributed by atoms with van der Waals surface area (Å²) >= 11 is 12.2. The number of anilines is 3. The standard InChI is InChI=1S/C17H20Cl2N4/c1-11-5-7-23(8-6-11)17-20-12(2)9-16(22-17)21-15-4-3-13(18)10-14(15)19/h3-4,9-11H,5-8H2,1-2H3,(H,20,21,22). The van der Waals surface area contributed by atoms with E-state index in [0.29, 0.717) is 10.0 Å². The van der Waals surface area contributed by atoms with Gasteiger partial charge in [0.25, 0.3) is 0 Å². The zero-order valence-electron chi connectivity index (χ0n) is 13.3. The highest BCUT2D eigenvalue weighted by Gasteiger charge is 2.18. The Morgan fingerprint density at radius 2 is 1.87 bits per heavy atom. The zero-order valence-corrected chi connectivity index (χ0v) is 14.8. The van der Waals surface area contributed by atoms with Crippen LogP contribution in [0.4, 0.5) is 17.5 Å². The van der Waals surface area contributed by atoms with Crippen molar-refractivity contribution in [2.45, 2.75) is 26.7 Å². The van der Waals surface area contributed by atoms with Gasteiger partial charge >= 0.3 is 0 Å². The number of aromatic nitrogens is 2. The van der Waals surface area contributed by atoms with Crippen molar-refractivity contribution < 1.29 is 0 Å². The Balaban J connectivity index is 1.82. The average molecular weight is 351 g/mol. The molecule has 0 aliphatic carbocycles. The van der Waals surface area contributed by atoms with Crippen LogP contribution in [0.5, 0.6) is 0 Å². The number of piperidine rings is 1. The van der Waals surface area contributed by atoms with Gasteiger partial charge in [0, 0.05) is 29.9 Å². The summed E-state index contributed by atoms with van der Waals surface area (Å²) in [5.41, 5.74) is 1.72. The molecule has 0 radical (unpaired) electrons. The van der Waals surface area contributed by atoms with Gasteiger partial charge in [0.15, 0.2) is 0 Å². The monoisotopic (exact) mass is 350 g/mol. The molecule has 0 saturated carbocycles. The van der Waals surface area contributed by atoms with Crippen LogP contribution in [0, 0.1) is 12.8 Å². The van der Waals surface area contributed by atoms with Crippen LogP contribution in [0.15, 0.2) is 24.3 Å². The Labute approximate surface area is 146 Å². The molecule has 1 aromatic heterocycles. The van der Waals surface area contributed by atoms with Gasteiger partial charge in [-0.3, -0.25) is 0 Å². The second kappa shape index (κ2) is 6.93. The van der Waals surface area contributed by atoms with Gasteiger partial charge in [-0.25, -0.2) is 4.98 Å². The molecule has 2 aromatic rings. The van der Waals surface area contributed by atoms with E-state index in [9.17, 15) is 0 Å². The Morgan fingerprint density at radius 1 is 1.13 bits per heavy atom. The molecule has 1 fully saturated rings. The minimum Gasteiger partial charge on any atom is -0.341 e. The SMILES string of the molecule is Cc1cc(Nc2ccc(Cl)cc2Cl)nc(N2CCC(C)CC2)n1. The van der Waals surface area contributed by atoms with Crippen molar-refractivity contribution in [3.63, 3.8) is 0 Å². The minimum absolute atomic E-state index is 0.571. The summed E-state index contributed by atoms with van der Waals surface area (Å²) < 4.78 is 0. The summed E-state index contributed by atoms with van der Waals surface area (Å²) in [6.45, 7) is 6.29. The third kappa shape index (κ3) is 4.06. The molecule has 0 amide bonds. The summed E-state index contributed by atoms with van der Waals surface area (Å²) in [7, 11) is 0. The number of nitrogens with zero attached hydrogens (tertiary/aromatic N) is 3. The maximum atomic E-state index is 6.22. The second-order valence-corrected chi connectivity index (χ2v) is 6.96. The van der Waals surface area contributed by atoms with E-state index in [1.807, 2.05) is 19.1 Å². The van der Waals surface area contributed by atoms with Crippen LogP contribution < -0.4 is 10.2 Å². The number of hydrogen-bond acceptors (Lipinski definition) is 4. The van der Waals surface area contributed by atoms with Crippen LogP contribution in [0.3, 0.4) is 0 Å². The molecule has 1 saturated heterocycles. The van der Waals surface area contributed by atoms with Gasteiger partial charge in [0.2, 0.25) is 5.95 Å². The third-order valence-electron chi connectivity index (χ3n) is 4.10. The lowest BCUT2D eigenvalue weighted by Gasteiger charge is -2.30. The lowest BCUT2D eigenvalue weighted by molar-refractivity contribution is 0.434. The van der Waals surface area contributed by atoms with Gasteiger partial charge in [0.05, 0.1) is 10.7 Å². The average Bonchev–Trinajstić information content (AvgIpc) is 2.50. The van der Waals surface area contributed by atoms with Crippen molar-refractivity contribution in [3.8, 4) is 0 Å². The molecule has 1 N–H and O–H groups in total. The van der Waals surface area contributed by atoms with Crippen LogP contribution in [-0.2, 0) is 0 Å². The molecular formula is C17H20Cl2N4. The predicted molar refractivity (Wildman–Crippen MR) is 97.1 cm³/mol. The predicted octanol–water partition coefficient (Wildman–Crippen LogP) is 5.07. The van der Waals surface area contributed by atoms with Crippen molar-refractivity contribution in [3.05, 3.63) is 40.0 Å². The van der Waals surface area contributed by atoms with Gasteiger partial charge in [-0.2, -0.15) is 4.98 Å². The number of hydrogen-bond donors (Lipinski definition) is 1. The van der Waals surface area contributed by atoms with E-state index < -0.39 is 0 Å². The lowest BCUT2D eigenvalue weighted by atomic mass is 10.00. The fraction of sp³-hybridized carbons (Fsp3) is 0.412. The van der Waals surface area contributed by atoms with E-state index >= 15 is 0 Å². The molecule has 1 aliphatic heterocycles. The van der Waals surface area contributed by atoms with Crippen LogP contribution in [0.2, 0.25) is 10.0 Å². The summed E-state index contributed by atoms with van der Waals surface area (Å²) in [6, 6.07) is 7.29. The fourth-order valence-corrected chi connectivity index (χ4v) is 3.15. The first kappa shape index (κ1) is 16.3. The van der Waals surface area contributed by atoms with Gasteiger partial charge in [-0.1, -0.05) is 30.1 Å². The van der Waals surface area contributed by atoms with Gasteiger partial charge < -0.3 is 10.2 Å². The number of nitrogens with one attached hydrogen (secondary N) is 1. The van der Waals surface area contributed by atoms with Crippen molar-refractivity contribution in [2.24, 2.45) is 5.92 Å². The van der Waals surface area contributed by atoms with Gasteiger partial charge in [-0.15, -0.1) is 0 Å². The van der Waals surface area contributed by atoms with Crippen LogP contribution in [0.1, 0.15) is 25.5 Å². The van der Waals surface area contributed by atoms with E-state index in [0.717, 1.165) is 42.2 Å². The molecule has 0 bridgehead atoms. The summed E-state index contributed by atoms with van der Waals surface area (Å²) in [4.78, 5) is 11.5. The highest BCUT2D eigenvalue weighted by atomic mass is 35.5. The minimum atomic E-state index is 0.571. The molecule has 0 unspecified atom stereocenters. The molecule has 122 valence electrons. The first-order valence-electron chi connectivity index (χ1n) is 7.84. The highest BCUT2D eigenvalue weighted by Crippen LogP contribution is 2.29. The topological polar surface area (TPSA) is 41.1 Å². The smallest absolute Gasteiger partial charge is 0.227 e.